The summed E-state index contributed by atoms with van der Waals surface area (Å²) in [7, 11) is 0. The quantitative estimate of drug-likeness (QED) is 0.551. The van der Waals surface area contributed by atoms with Crippen molar-refractivity contribution in [2.75, 3.05) is 6.61 Å². The standard InChI is InChI=1S/C11H17O2PS2.K/c1-3-10-5-7-11(8-6-10)9-16-14(12,15)13-4-2;/h5-8H,3-4,9H2,1-2H3,(H,12,15);/q;+1/p-1. The van der Waals surface area contributed by atoms with E-state index in [1.54, 1.807) is 6.92 Å². The van der Waals surface area contributed by atoms with Gasteiger partial charge in [-0.2, -0.15) is 0 Å². The molecule has 2 nitrogen and oxygen atoms in total. The van der Waals surface area contributed by atoms with Gasteiger partial charge in [0.15, 0.2) is 0 Å². The van der Waals surface area contributed by atoms with Crippen molar-refractivity contribution >= 4 is 28.9 Å². The van der Waals surface area contributed by atoms with Crippen LogP contribution in [0, 0.1) is 0 Å². The van der Waals surface area contributed by atoms with Crippen molar-refractivity contribution in [3.63, 3.8) is 0 Å². The molecular formula is C11H16KO2PS2. The molecule has 0 aromatic heterocycles. The minimum absolute atomic E-state index is 0. The summed E-state index contributed by atoms with van der Waals surface area (Å²) in [5.74, 6) is 0.644. The summed E-state index contributed by atoms with van der Waals surface area (Å²) in [6, 6.07) is 8.27. The van der Waals surface area contributed by atoms with Crippen LogP contribution in [-0.2, 0) is 28.5 Å². The van der Waals surface area contributed by atoms with Crippen molar-refractivity contribution in [3.8, 4) is 0 Å². The van der Waals surface area contributed by atoms with E-state index in [0.29, 0.717) is 12.4 Å². The SMILES string of the molecule is CCOP([O-])(=S)SCc1ccc(CC)cc1.[K+]. The fraction of sp³-hybridized carbons (Fsp3) is 0.455. The Morgan fingerprint density at radius 3 is 2.24 bits per heavy atom. The second kappa shape index (κ2) is 9.64. The first-order valence-electron chi connectivity index (χ1n) is 5.25. The van der Waals surface area contributed by atoms with Crippen molar-refractivity contribution in [1.82, 2.24) is 0 Å². The second-order valence-electron chi connectivity index (χ2n) is 3.31. The first-order valence-corrected chi connectivity index (χ1v) is 9.48. The summed E-state index contributed by atoms with van der Waals surface area (Å²) < 4.78 is 5.03. The van der Waals surface area contributed by atoms with Gasteiger partial charge in [-0.05, 0) is 24.5 Å². The Hall–Kier alpha value is 1.78. The fourth-order valence-corrected chi connectivity index (χ4v) is 4.36. The van der Waals surface area contributed by atoms with Crippen LogP contribution in [0.5, 0.6) is 0 Å². The zero-order chi connectivity index (χ0) is 12.0. The van der Waals surface area contributed by atoms with Crippen molar-refractivity contribution in [2.45, 2.75) is 26.0 Å². The van der Waals surface area contributed by atoms with Gasteiger partial charge in [0, 0.05) is 18.1 Å². The largest absolute Gasteiger partial charge is 1.00 e. The molecule has 0 spiro atoms. The zero-order valence-corrected chi connectivity index (χ0v) is 16.2. The van der Waals surface area contributed by atoms with Gasteiger partial charge in [0.25, 0.3) is 0 Å². The van der Waals surface area contributed by atoms with Crippen LogP contribution in [-0.4, -0.2) is 6.61 Å². The molecule has 1 atom stereocenters. The Morgan fingerprint density at radius 1 is 1.24 bits per heavy atom. The van der Waals surface area contributed by atoms with Gasteiger partial charge in [0.2, 0.25) is 0 Å². The molecule has 1 aromatic carbocycles. The smallest absolute Gasteiger partial charge is 0.793 e. The summed E-state index contributed by atoms with van der Waals surface area (Å²) in [4.78, 5) is 11.7. The van der Waals surface area contributed by atoms with E-state index in [9.17, 15) is 4.89 Å². The molecule has 1 unspecified atom stereocenters. The van der Waals surface area contributed by atoms with Gasteiger partial charge in [-0.15, -0.1) is 11.4 Å². The molecule has 0 N–H and O–H groups in total. The Bertz CT molecular complexity index is 370. The zero-order valence-electron chi connectivity index (χ0n) is 10.5. The van der Waals surface area contributed by atoms with Crippen LogP contribution in [0.25, 0.3) is 0 Å². The average Bonchev–Trinajstić information content (AvgIpc) is 2.27. The van der Waals surface area contributed by atoms with Gasteiger partial charge in [0.1, 0.15) is 0 Å². The van der Waals surface area contributed by atoms with E-state index in [1.807, 2.05) is 12.1 Å². The van der Waals surface area contributed by atoms with E-state index in [1.165, 1.54) is 16.9 Å². The van der Waals surface area contributed by atoms with Crippen molar-refractivity contribution in [1.29, 1.82) is 0 Å². The van der Waals surface area contributed by atoms with Crippen LogP contribution in [0.4, 0.5) is 0 Å². The predicted molar refractivity (Wildman–Crippen MR) is 73.0 cm³/mol. The van der Waals surface area contributed by atoms with Gasteiger partial charge in [0.05, 0.1) is 0 Å². The normalized spacial score (nSPS) is 13.8. The molecular weight excluding hydrogens is 298 g/mol. The topological polar surface area (TPSA) is 32.3 Å². The van der Waals surface area contributed by atoms with E-state index in [2.05, 4.69) is 19.1 Å². The average molecular weight is 314 g/mol. The molecule has 0 bridgehead atoms. The molecule has 6 heteroatoms. The number of aryl methyl sites for hydroxylation is 1. The first-order chi connectivity index (χ1) is 7.57. The van der Waals surface area contributed by atoms with Gasteiger partial charge in [-0.1, -0.05) is 43.0 Å². The summed E-state index contributed by atoms with van der Waals surface area (Å²) in [5, 5.41) is 0. The van der Waals surface area contributed by atoms with Crippen LogP contribution in [0.2, 0.25) is 0 Å². The molecule has 0 saturated heterocycles. The number of hydrogen-bond acceptors (Lipinski definition) is 4. The molecule has 0 amide bonds. The van der Waals surface area contributed by atoms with E-state index in [-0.39, 0.29) is 51.4 Å². The predicted octanol–water partition coefficient (Wildman–Crippen LogP) is 0.107. The first kappa shape index (κ1) is 18.8. The van der Waals surface area contributed by atoms with Crippen LogP contribution in [0.15, 0.2) is 24.3 Å². The van der Waals surface area contributed by atoms with Crippen molar-refractivity contribution in [3.05, 3.63) is 35.4 Å². The molecule has 0 aliphatic heterocycles. The maximum Gasteiger partial charge on any atom is 1.00 e. The summed E-state index contributed by atoms with van der Waals surface area (Å²) in [6.45, 7) is 4.33. The third-order valence-corrected chi connectivity index (χ3v) is 6.38. The van der Waals surface area contributed by atoms with E-state index in [0.717, 1.165) is 12.0 Å². The van der Waals surface area contributed by atoms with Gasteiger partial charge in [-0.25, -0.2) is 0 Å². The Morgan fingerprint density at radius 2 is 1.76 bits per heavy atom. The van der Waals surface area contributed by atoms with E-state index >= 15 is 0 Å². The van der Waals surface area contributed by atoms with Crippen molar-refractivity contribution in [2.24, 2.45) is 0 Å². The summed E-state index contributed by atoms with van der Waals surface area (Å²) in [6.07, 6.45) is 1.03. The number of benzene rings is 1. The second-order valence-corrected chi connectivity index (χ2v) is 9.36. The third-order valence-electron chi connectivity index (χ3n) is 2.11. The molecule has 1 aromatic rings. The van der Waals surface area contributed by atoms with Gasteiger partial charge < -0.3 is 9.42 Å². The van der Waals surface area contributed by atoms with Crippen molar-refractivity contribution < 1.29 is 60.8 Å². The molecule has 0 saturated carbocycles. The van der Waals surface area contributed by atoms with E-state index < -0.39 is 5.69 Å². The molecule has 0 heterocycles. The third kappa shape index (κ3) is 7.83. The molecule has 0 aliphatic carbocycles. The fourth-order valence-electron chi connectivity index (χ4n) is 1.22. The summed E-state index contributed by atoms with van der Waals surface area (Å²) >= 11 is 6.10. The maximum absolute atomic E-state index is 11.7. The summed E-state index contributed by atoms with van der Waals surface area (Å²) in [5.41, 5.74) is -0.440. The molecule has 0 radical (unpaired) electrons. The Labute approximate surface area is 155 Å². The number of hydrogen-bond donors (Lipinski definition) is 0. The monoisotopic (exact) mass is 314 g/mol. The van der Waals surface area contributed by atoms with Crippen LogP contribution >= 0.6 is 17.1 Å². The maximum atomic E-state index is 11.7. The Balaban J connectivity index is 0.00000256. The van der Waals surface area contributed by atoms with Gasteiger partial charge >= 0.3 is 51.4 Å². The van der Waals surface area contributed by atoms with Crippen LogP contribution < -0.4 is 56.3 Å². The molecule has 17 heavy (non-hydrogen) atoms. The van der Waals surface area contributed by atoms with E-state index in [4.69, 9.17) is 16.3 Å². The Kier molecular flexibility index (Phi) is 10.7. The minimum atomic E-state index is -2.88. The minimum Gasteiger partial charge on any atom is -0.793 e. The molecule has 0 fully saturated rings. The van der Waals surface area contributed by atoms with Crippen LogP contribution in [0.3, 0.4) is 0 Å². The number of rotatable bonds is 6. The van der Waals surface area contributed by atoms with Gasteiger partial charge in [-0.3, -0.25) is 0 Å². The molecule has 0 aliphatic rings. The molecule has 90 valence electrons. The molecule has 1 rings (SSSR count). The van der Waals surface area contributed by atoms with Crippen LogP contribution in [0.1, 0.15) is 25.0 Å².